The third-order valence-electron chi connectivity index (χ3n) is 3.39. The third-order valence-corrected chi connectivity index (χ3v) is 3.72. The summed E-state index contributed by atoms with van der Waals surface area (Å²) in [6.45, 7) is 0. The number of halogens is 2. The Bertz CT molecular complexity index is 582. The van der Waals surface area contributed by atoms with Gasteiger partial charge in [-0.05, 0) is 42.2 Å². The number of hydrogen-bond acceptors (Lipinski definition) is 1. The van der Waals surface area contributed by atoms with Crippen LogP contribution in [-0.4, -0.2) is 0 Å². The van der Waals surface area contributed by atoms with Gasteiger partial charge in [0.1, 0.15) is 5.82 Å². The monoisotopic (exact) mass is 261 g/mol. The van der Waals surface area contributed by atoms with Gasteiger partial charge in [-0.25, -0.2) is 4.39 Å². The lowest BCUT2D eigenvalue weighted by molar-refractivity contribution is 0.627. The van der Waals surface area contributed by atoms with Crippen molar-refractivity contribution in [2.45, 2.75) is 18.9 Å². The molecule has 18 heavy (non-hydrogen) atoms. The maximum atomic E-state index is 13.2. The van der Waals surface area contributed by atoms with E-state index in [2.05, 4.69) is 23.5 Å². The zero-order valence-electron chi connectivity index (χ0n) is 9.79. The van der Waals surface area contributed by atoms with Crippen molar-refractivity contribution in [1.82, 2.24) is 0 Å². The van der Waals surface area contributed by atoms with E-state index in [9.17, 15) is 4.39 Å². The molecule has 1 atom stereocenters. The predicted molar refractivity (Wildman–Crippen MR) is 72.5 cm³/mol. The molecule has 0 aliphatic heterocycles. The Morgan fingerprint density at radius 3 is 2.89 bits per heavy atom. The van der Waals surface area contributed by atoms with Gasteiger partial charge in [0.25, 0.3) is 0 Å². The van der Waals surface area contributed by atoms with E-state index < -0.39 is 0 Å². The lowest BCUT2D eigenvalue weighted by Crippen LogP contribution is -2.07. The molecule has 1 N–H and O–H groups in total. The predicted octanol–water partition coefficient (Wildman–Crippen LogP) is 4.58. The number of aryl methyl sites for hydroxylation is 1. The van der Waals surface area contributed by atoms with E-state index in [1.54, 1.807) is 6.07 Å². The zero-order chi connectivity index (χ0) is 12.5. The Morgan fingerprint density at radius 1 is 1.17 bits per heavy atom. The highest BCUT2D eigenvalue weighted by atomic mass is 35.5. The van der Waals surface area contributed by atoms with Gasteiger partial charge in [0.05, 0.1) is 16.8 Å². The molecule has 0 fully saturated rings. The van der Waals surface area contributed by atoms with Gasteiger partial charge in [-0.3, -0.25) is 0 Å². The molecule has 0 saturated heterocycles. The molecular weight excluding hydrogens is 249 g/mol. The van der Waals surface area contributed by atoms with E-state index in [-0.39, 0.29) is 11.9 Å². The van der Waals surface area contributed by atoms with Crippen LogP contribution in [0, 0.1) is 5.82 Å². The summed E-state index contributed by atoms with van der Waals surface area (Å²) in [5.41, 5.74) is 3.32. The van der Waals surface area contributed by atoms with E-state index in [1.807, 2.05) is 6.07 Å². The Balaban J connectivity index is 1.88. The maximum absolute atomic E-state index is 13.2. The number of rotatable bonds is 2. The average Bonchev–Trinajstić information content (AvgIpc) is 2.78. The van der Waals surface area contributed by atoms with Crippen molar-refractivity contribution in [2.24, 2.45) is 0 Å². The summed E-state index contributed by atoms with van der Waals surface area (Å²) in [7, 11) is 0. The molecule has 1 nitrogen and oxygen atoms in total. The fourth-order valence-corrected chi connectivity index (χ4v) is 2.67. The number of nitrogens with one attached hydrogen (secondary N) is 1. The van der Waals surface area contributed by atoms with Gasteiger partial charge >= 0.3 is 0 Å². The second-order valence-electron chi connectivity index (χ2n) is 4.56. The molecule has 1 unspecified atom stereocenters. The van der Waals surface area contributed by atoms with Gasteiger partial charge in [-0.2, -0.15) is 0 Å². The van der Waals surface area contributed by atoms with Crippen LogP contribution in [0.2, 0.25) is 5.02 Å². The molecule has 0 bridgehead atoms. The van der Waals surface area contributed by atoms with Crippen LogP contribution in [-0.2, 0) is 6.42 Å². The number of hydrogen-bond donors (Lipinski definition) is 1. The van der Waals surface area contributed by atoms with E-state index in [0.29, 0.717) is 10.7 Å². The van der Waals surface area contributed by atoms with Crippen molar-refractivity contribution >= 4 is 17.3 Å². The van der Waals surface area contributed by atoms with Crippen LogP contribution in [0.15, 0.2) is 42.5 Å². The lowest BCUT2D eigenvalue weighted by Gasteiger charge is -2.16. The molecule has 0 heterocycles. The fraction of sp³-hybridized carbons (Fsp3) is 0.200. The highest BCUT2D eigenvalue weighted by Gasteiger charge is 2.22. The molecule has 3 heteroatoms. The standard InChI is InChI=1S/C15H13ClFN/c16-13-7-6-11(17)9-15(13)18-14-8-5-10-3-1-2-4-12(10)14/h1-4,6-7,9,14,18H,5,8H2. The Kier molecular flexibility index (Phi) is 2.96. The molecule has 3 rings (SSSR count). The summed E-state index contributed by atoms with van der Waals surface area (Å²) < 4.78 is 13.2. The highest BCUT2D eigenvalue weighted by molar-refractivity contribution is 6.33. The maximum Gasteiger partial charge on any atom is 0.125 e. The van der Waals surface area contributed by atoms with E-state index in [1.165, 1.54) is 23.3 Å². The fourth-order valence-electron chi connectivity index (χ4n) is 2.50. The van der Waals surface area contributed by atoms with Crippen LogP contribution in [0.4, 0.5) is 10.1 Å². The molecule has 2 aromatic rings. The molecule has 0 aromatic heterocycles. The van der Waals surface area contributed by atoms with Crippen molar-refractivity contribution in [2.75, 3.05) is 5.32 Å². The Labute approximate surface area is 111 Å². The first kappa shape index (κ1) is 11.5. The summed E-state index contributed by atoms with van der Waals surface area (Å²) in [6.07, 6.45) is 2.08. The Hall–Kier alpha value is -1.54. The minimum absolute atomic E-state index is 0.223. The quantitative estimate of drug-likeness (QED) is 0.834. The van der Waals surface area contributed by atoms with E-state index in [4.69, 9.17) is 11.6 Å². The molecule has 92 valence electrons. The van der Waals surface area contributed by atoms with Crippen LogP contribution in [0.5, 0.6) is 0 Å². The second kappa shape index (κ2) is 4.62. The van der Waals surface area contributed by atoms with Crippen LogP contribution in [0.25, 0.3) is 0 Å². The summed E-state index contributed by atoms with van der Waals surface area (Å²) in [6, 6.07) is 13.0. The first-order valence-electron chi connectivity index (χ1n) is 6.03. The number of fused-ring (bicyclic) bond motifs is 1. The molecular formula is C15H13ClFN. The summed E-state index contributed by atoms with van der Waals surface area (Å²) in [4.78, 5) is 0. The van der Waals surface area contributed by atoms with Crippen LogP contribution in [0.1, 0.15) is 23.6 Å². The largest absolute Gasteiger partial charge is 0.377 e. The van der Waals surface area contributed by atoms with Gasteiger partial charge < -0.3 is 5.32 Å². The minimum Gasteiger partial charge on any atom is -0.377 e. The molecule has 0 amide bonds. The van der Waals surface area contributed by atoms with Crippen LogP contribution >= 0.6 is 11.6 Å². The van der Waals surface area contributed by atoms with Gasteiger partial charge in [-0.1, -0.05) is 35.9 Å². The molecule has 0 radical (unpaired) electrons. The Morgan fingerprint density at radius 2 is 2.00 bits per heavy atom. The first-order chi connectivity index (χ1) is 8.74. The zero-order valence-corrected chi connectivity index (χ0v) is 10.5. The number of benzene rings is 2. The van der Waals surface area contributed by atoms with Gasteiger partial charge in [0.2, 0.25) is 0 Å². The third kappa shape index (κ3) is 2.08. The topological polar surface area (TPSA) is 12.0 Å². The van der Waals surface area contributed by atoms with Crippen molar-refractivity contribution in [3.05, 3.63) is 64.4 Å². The molecule has 0 spiro atoms. The molecule has 0 saturated carbocycles. The highest BCUT2D eigenvalue weighted by Crippen LogP contribution is 2.35. The van der Waals surface area contributed by atoms with Crippen molar-refractivity contribution in [3.8, 4) is 0 Å². The van der Waals surface area contributed by atoms with E-state index in [0.717, 1.165) is 12.8 Å². The summed E-state index contributed by atoms with van der Waals surface area (Å²) >= 11 is 6.07. The molecule has 2 aromatic carbocycles. The van der Waals surface area contributed by atoms with E-state index >= 15 is 0 Å². The molecule has 1 aliphatic carbocycles. The van der Waals surface area contributed by atoms with Crippen LogP contribution in [0.3, 0.4) is 0 Å². The lowest BCUT2D eigenvalue weighted by atomic mass is 10.1. The van der Waals surface area contributed by atoms with Gasteiger partial charge in [0, 0.05) is 0 Å². The van der Waals surface area contributed by atoms with Crippen molar-refractivity contribution in [1.29, 1.82) is 0 Å². The van der Waals surface area contributed by atoms with Gasteiger partial charge in [-0.15, -0.1) is 0 Å². The molecule has 1 aliphatic rings. The summed E-state index contributed by atoms with van der Waals surface area (Å²) in [5.74, 6) is -0.270. The second-order valence-corrected chi connectivity index (χ2v) is 4.97. The SMILES string of the molecule is Fc1ccc(Cl)c(NC2CCc3ccccc32)c1. The van der Waals surface area contributed by atoms with Gasteiger partial charge in [0.15, 0.2) is 0 Å². The minimum atomic E-state index is -0.270. The van der Waals surface area contributed by atoms with Crippen molar-refractivity contribution < 1.29 is 4.39 Å². The smallest absolute Gasteiger partial charge is 0.125 e. The van der Waals surface area contributed by atoms with Crippen molar-refractivity contribution in [3.63, 3.8) is 0 Å². The normalized spacial score (nSPS) is 17.6. The average molecular weight is 262 g/mol. The summed E-state index contributed by atoms with van der Waals surface area (Å²) in [5, 5.41) is 3.89. The van der Waals surface area contributed by atoms with Crippen LogP contribution < -0.4 is 5.32 Å². The first-order valence-corrected chi connectivity index (χ1v) is 6.41. The number of anilines is 1.